The first-order valence-electron chi connectivity index (χ1n) is 5.67. The summed E-state index contributed by atoms with van der Waals surface area (Å²) in [6.45, 7) is 3.29. The Morgan fingerprint density at radius 3 is 1.82 bits per heavy atom. The molecule has 0 bridgehead atoms. The van der Waals surface area contributed by atoms with E-state index in [0.29, 0.717) is 5.57 Å². The Bertz CT molecular complexity index is 517. The van der Waals surface area contributed by atoms with Gasteiger partial charge in [0.2, 0.25) is 0 Å². The first-order valence-corrected chi connectivity index (χ1v) is 5.67. The van der Waals surface area contributed by atoms with E-state index in [4.69, 9.17) is 0 Å². The summed E-state index contributed by atoms with van der Waals surface area (Å²) in [5, 5.41) is 0. The largest absolute Gasteiger partial charge is 0.212 e. The standard InChI is InChI=1S/C16H15F/c1-12(13(2)17)14-8-10-16(11-9-14)15-6-4-3-5-7-15/h3-11H,1-2H3. The number of hydrogen-bond acceptors (Lipinski definition) is 0. The van der Waals surface area contributed by atoms with Gasteiger partial charge in [-0.15, -0.1) is 0 Å². The number of allylic oxidation sites excluding steroid dienone is 2. The highest BCUT2D eigenvalue weighted by Gasteiger charge is 2.01. The van der Waals surface area contributed by atoms with Gasteiger partial charge in [0.05, 0.1) is 0 Å². The molecule has 0 aliphatic rings. The predicted octanol–water partition coefficient (Wildman–Crippen LogP) is 5.07. The van der Waals surface area contributed by atoms with Crippen LogP contribution >= 0.6 is 0 Å². The molecule has 0 nitrogen and oxygen atoms in total. The molecule has 1 heteroatoms. The second-order valence-electron chi connectivity index (χ2n) is 4.10. The average molecular weight is 226 g/mol. The number of rotatable bonds is 2. The highest BCUT2D eigenvalue weighted by molar-refractivity contribution is 5.70. The zero-order valence-corrected chi connectivity index (χ0v) is 10.1. The predicted molar refractivity (Wildman–Crippen MR) is 71.3 cm³/mol. The van der Waals surface area contributed by atoms with Crippen LogP contribution in [0.3, 0.4) is 0 Å². The maximum absolute atomic E-state index is 13.1. The summed E-state index contributed by atoms with van der Waals surface area (Å²) in [6, 6.07) is 18.1. The molecule has 2 aromatic carbocycles. The second kappa shape index (κ2) is 4.96. The van der Waals surface area contributed by atoms with E-state index in [0.717, 1.165) is 11.1 Å². The Balaban J connectivity index is 2.35. The zero-order valence-electron chi connectivity index (χ0n) is 10.1. The lowest BCUT2D eigenvalue weighted by Gasteiger charge is -2.05. The molecule has 0 heterocycles. The minimum Gasteiger partial charge on any atom is -0.212 e. The van der Waals surface area contributed by atoms with Crippen LogP contribution in [0.15, 0.2) is 60.4 Å². The van der Waals surface area contributed by atoms with Crippen molar-refractivity contribution in [3.63, 3.8) is 0 Å². The third-order valence-corrected chi connectivity index (χ3v) is 2.94. The fraction of sp³-hybridized carbons (Fsp3) is 0.125. The van der Waals surface area contributed by atoms with Crippen LogP contribution in [0.5, 0.6) is 0 Å². The van der Waals surface area contributed by atoms with Crippen molar-refractivity contribution in [1.82, 2.24) is 0 Å². The van der Waals surface area contributed by atoms with Gasteiger partial charge in [0.15, 0.2) is 0 Å². The molecular weight excluding hydrogens is 211 g/mol. The number of halogens is 1. The van der Waals surface area contributed by atoms with Crippen LogP contribution in [-0.2, 0) is 0 Å². The van der Waals surface area contributed by atoms with Crippen molar-refractivity contribution in [3.05, 3.63) is 66.0 Å². The van der Waals surface area contributed by atoms with Gasteiger partial charge in [-0.1, -0.05) is 54.6 Å². The van der Waals surface area contributed by atoms with E-state index >= 15 is 0 Å². The molecule has 0 fully saturated rings. The molecule has 0 radical (unpaired) electrons. The Labute approximate surface area is 101 Å². The zero-order chi connectivity index (χ0) is 12.3. The first kappa shape index (κ1) is 11.6. The first-order chi connectivity index (χ1) is 8.18. The summed E-state index contributed by atoms with van der Waals surface area (Å²) in [7, 11) is 0. The van der Waals surface area contributed by atoms with E-state index < -0.39 is 0 Å². The third-order valence-electron chi connectivity index (χ3n) is 2.94. The maximum atomic E-state index is 13.1. The second-order valence-corrected chi connectivity index (χ2v) is 4.10. The van der Waals surface area contributed by atoms with Gasteiger partial charge in [0.1, 0.15) is 5.83 Å². The molecule has 0 aliphatic heterocycles. The lowest BCUT2D eigenvalue weighted by atomic mass is 10.0. The van der Waals surface area contributed by atoms with E-state index in [-0.39, 0.29) is 5.83 Å². The van der Waals surface area contributed by atoms with Crippen molar-refractivity contribution >= 4 is 5.57 Å². The fourth-order valence-electron chi connectivity index (χ4n) is 1.74. The van der Waals surface area contributed by atoms with Gasteiger partial charge in [0, 0.05) is 0 Å². The van der Waals surface area contributed by atoms with Crippen LogP contribution in [0.2, 0.25) is 0 Å². The average Bonchev–Trinajstić information content (AvgIpc) is 2.39. The maximum Gasteiger partial charge on any atom is 0.100 e. The van der Waals surface area contributed by atoms with Gasteiger partial charge >= 0.3 is 0 Å². The van der Waals surface area contributed by atoms with E-state index in [1.807, 2.05) is 42.5 Å². The smallest absolute Gasteiger partial charge is 0.100 e. The normalized spacial score (nSPS) is 12.2. The Hall–Kier alpha value is -1.89. The van der Waals surface area contributed by atoms with E-state index in [1.54, 1.807) is 6.92 Å². The van der Waals surface area contributed by atoms with Gasteiger partial charge in [-0.3, -0.25) is 0 Å². The summed E-state index contributed by atoms with van der Waals surface area (Å²) in [5.74, 6) is -0.127. The van der Waals surface area contributed by atoms with Gasteiger partial charge in [-0.2, -0.15) is 0 Å². The van der Waals surface area contributed by atoms with Crippen molar-refractivity contribution in [3.8, 4) is 11.1 Å². The lowest BCUT2D eigenvalue weighted by molar-refractivity contribution is 0.643. The van der Waals surface area contributed by atoms with Crippen molar-refractivity contribution in [2.45, 2.75) is 13.8 Å². The van der Waals surface area contributed by atoms with Crippen LogP contribution in [0, 0.1) is 0 Å². The summed E-state index contributed by atoms with van der Waals surface area (Å²) >= 11 is 0. The number of benzene rings is 2. The third kappa shape index (κ3) is 2.62. The molecule has 2 rings (SSSR count). The molecule has 2 aromatic rings. The summed E-state index contributed by atoms with van der Waals surface area (Å²) in [4.78, 5) is 0. The summed E-state index contributed by atoms with van der Waals surface area (Å²) in [6.07, 6.45) is 0. The van der Waals surface area contributed by atoms with E-state index in [1.165, 1.54) is 12.5 Å². The quantitative estimate of drug-likeness (QED) is 0.670. The highest BCUT2D eigenvalue weighted by atomic mass is 19.1. The Morgan fingerprint density at radius 2 is 1.29 bits per heavy atom. The lowest BCUT2D eigenvalue weighted by Crippen LogP contribution is -1.83. The van der Waals surface area contributed by atoms with Gasteiger partial charge in [-0.05, 0) is 36.1 Å². The monoisotopic (exact) mass is 226 g/mol. The molecule has 0 spiro atoms. The summed E-state index contributed by atoms with van der Waals surface area (Å²) in [5.41, 5.74) is 3.96. The molecule has 17 heavy (non-hydrogen) atoms. The molecule has 0 amide bonds. The van der Waals surface area contributed by atoms with Crippen molar-refractivity contribution in [2.24, 2.45) is 0 Å². The summed E-state index contributed by atoms with van der Waals surface area (Å²) < 4.78 is 13.1. The van der Waals surface area contributed by atoms with Gasteiger partial charge in [0.25, 0.3) is 0 Å². The van der Waals surface area contributed by atoms with Crippen LogP contribution in [0.1, 0.15) is 19.4 Å². The molecule has 0 atom stereocenters. The van der Waals surface area contributed by atoms with Crippen molar-refractivity contribution < 1.29 is 4.39 Å². The van der Waals surface area contributed by atoms with Crippen LogP contribution in [0.4, 0.5) is 4.39 Å². The van der Waals surface area contributed by atoms with Crippen molar-refractivity contribution in [2.75, 3.05) is 0 Å². The van der Waals surface area contributed by atoms with Crippen LogP contribution < -0.4 is 0 Å². The van der Waals surface area contributed by atoms with Crippen LogP contribution in [-0.4, -0.2) is 0 Å². The Kier molecular flexibility index (Phi) is 3.38. The fourth-order valence-corrected chi connectivity index (χ4v) is 1.74. The SMILES string of the molecule is CC(F)=C(C)c1ccc(-c2ccccc2)cc1. The van der Waals surface area contributed by atoms with Crippen LogP contribution in [0.25, 0.3) is 16.7 Å². The van der Waals surface area contributed by atoms with E-state index in [2.05, 4.69) is 12.1 Å². The molecule has 0 aliphatic carbocycles. The molecule has 86 valence electrons. The highest BCUT2D eigenvalue weighted by Crippen LogP contribution is 2.23. The molecule has 0 saturated carbocycles. The minimum atomic E-state index is -0.127. The molecule has 0 N–H and O–H groups in total. The Morgan fingerprint density at radius 1 is 0.765 bits per heavy atom. The van der Waals surface area contributed by atoms with Gasteiger partial charge in [-0.25, -0.2) is 4.39 Å². The molecule has 0 aromatic heterocycles. The van der Waals surface area contributed by atoms with Gasteiger partial charge < -0.3 is 0 Å². The number of hydrogen-bond donors (Lipinski definition) is 0. The molecule has 0 unspecified atom stereocenters. The molecular formula is C16H15F. The molecule has 0 saturated heterocycles. The van der Waals surface area contributed by atoms with E-state index in [9.17, 15) is 4.39 Å². The minimum absolute atomic E-state index is 0.127. The topological polar surface area (TPSA) is 0 Å². The van der Waals surface area contributed by atoms with Crippen molar-refractivity contribution in [1.29, 1.82) is 0 Å².